The molecule has 3 N–H and O–H groups in total. The Hall–Kier alpha value is -2.93. The van der Waals surface area contributed by atoms with Crippen molar-refractivity contribution in [2.24, 2.45) is 0 Å². The van der Waals surface area contributed by atoms with Gasteiger partial charge in [0, 0.05) is 24.2 Å². The molecule has 0 bridgehead atoms. The lowest BCUT2D eigenvalue weighted by Gasteiger charge is -2.10. The zero-order valence-corrected chi connectivity index (χ0v) is 15.0. The van der Waals surface area contributed by atoms with Gasteiger partial charge in [-0.2, -0.15) is 5.10 Å². The van der Waals surface area contributed by atoms with Crippen LogP contribution in [0.3, 0.4) is 0 Å². The molecule has 3 aromatic rings. The number of anilines is 1. The molecule has 132 valence electrons. The van der Waals surface area contributed by atoms with Gasteiger partial charge in [0.1, 0.15) is 0 Å². The molecule has 4 rings (SSSR count). The predicted octanol–water partition coefficient (Wildman–Crippen LogP) is 3.19. The normalized spacial score (nSPS) is 15.6. The van der Waals surface area contributed by atoms with Crippen molar-refractivity contribution in [2.45, 2.75) is 25.8 Å². The Morgan fingerprint density at radius 1 is 1.35 bits per heavy atom. The van der Waals surface area contributed by atoms with Crippen LogP contribution in [-0.2, 0) is 16.1 Å². The highest BCUT2D eigenvalue weighted by Gasteiger charge is 2.32. The van der Waals surface area contributed by atoms with E-state index in [2.05, 4.69) is 20.8 Å². The average molecular weight is 366 g/mol. The van der Waals surface area contributed by atoms with Crippen LogP contribution < -0.4 is 10.6 Å². The Morgan fingerprint density at radius 3 is 3.04 bits per heavy atom. The van der Waals surface area contributed by atoms with Gasteiger partial charge < -0.3 is 10.6 Å². The summed E-state index contributed by atoms with van der Waals surface area (Å²) in [7, 11) is 0. The lowest BCUT2D eigenvalue weighted by molar-refractivity contribution is -0.125. The van der Waals surface area contributed by atoms with E-state index in [1.54, 1.807) is 17.5 Å². The number of H-pyrrole nitrogens is 1. The van der Waals surface area contributed by atoms with Gasteiger partial charge in [-0.05, 0) is 35.6 Å². The second-order valence-electron chi connectivity index (χ2n) is 6.36. The summed E-state index contributed by atoms with van der Waals surface area (Å²) in [5.74, 6) is -0.716. The predicted molar refractivity (Wildman–Crippen MR) is 101 cm³/mol. The lowest BCUT2D eigenvalue weighted by atomic mass is 9.96. The number of fused-ring (bicyclic) bond motifs is 1. The first-order chi connectivity index (χ1) is 12.6. The number of hydrogen-bond acceptors (Lipinski definition) is 4. The number of amides is 2. The van der Waals surface area contributed by atoms with Gasteiger partial charge in [0.05, 0.1) is 22.7 Å². The number of benzene rings is 1. The smallest absolute Gasteiger partial charge is 0.232 e. The van der Waals surface area contributed by atoms with E-state index in [0.717, 1.165) is 32.9 Å². The topological polar surface area (TPSA) is 86.9 Å². The van der Waals surface area contributed by atoms with Crippen LogP contribution in [0.25, 0.3) is 10.6 Å². The van der Waals surface area contributed by atoms with E-state index < -0.39 is 5.92 Å². The number of aryl methyl sites for hydroxylation is 1. The van der Waals surface area contributed by atoms with Gasteiger partial charge in [-0.1, -0.05) is 18.2 Å². The standard InChI is InChI=1S/C19H18N4O2S/c1-11-4-5-13-14(19(25)22-15(13)7-11)8-17(24)20-9-12-10-21-23-18(12)16-3-2-6-26-16/h2-7,10,14H,8-9H2,1H3,(H,20,24)(H,21,23)(H,22,25)/t14-/m0/s1. The van der Waals surface area contributed by atoms with Crippen LogP contribution in [0.15, 0.2) is 41.9 Å². The van der Waals surface area contributed by atoms with Gasteiger partial charge in [0.25, 0.3) is 0 Å². The molecule has 1 atom stereocenters. The maximum Gasteiger partial charge on any atom is 0.232 e. The van der Waals surface area contributed by atoms with E-state index >= 15 is 0 Å². The second kappa shape index (κ2) is 6.76. The number of nitrogens with zero attached hydrogens (tertiary/aromatic N) is 1. The highest BCUT2D eigenvalue weighted by Crippen LogP contribution is 2.35. The van der Waals surface area contributed by atoms with Gasteiger partial charge in [0.2, 0.25) is 11.8 Å². The third-order valence-electron chi connectivity index (χ3n) is 4.51. The molecule has 1 aliphatic heterocycles. The van der Waals surface area contributed by atoms with E-state index in [1.807, 2.05) is 42.6 Å². The number of nitrogens with one attached hydrogen (secondary N) is 3. The Bertz CT molecular complexity index is 962. The summed E-state index contributed by atoms with van der Waals surface area (Å²) < 4.78 is 0. The summed E-state index contributed by atoms with van der Waals surface area (Å²) in [5, 5.41) is 14.8. The molecule has 0 fully saturated rings. The van der Waals surface area contributed by atoms with Crippen LogP contribution in [0.1, 0.15) is 29.0 Å². The Balaban J connectivity index is 1.42. The molecule has 1 aromatic carbocycles. The van der Waals surface area contributed by atoms with E-state index in [9.17, 15) is 9.59 Å². The second-order valence-corrected chi connectivity index (χ2v) is 7.31. The number of thiophene rings is 1. The van der Waals surface area contributed by atoms with E-state index in [-0.39, 0.29) is 18.2 Å². The Labute approximate surface area is 154 Å². The van der Waals surface area contributed by atoms with E-state index in [0.29, 0.717) is 6.54 Å². The molecule has 7 heteroatoms. The van der Waals surface area contributed by atoms with E-state index in [4.69, 9.17) is 0 Å². The highest BCUT2D eigenvalue weighted by molar-refractivity contribution is 7.13. The highest BCUT2D eigenvalue weighted by atomic mass is 32.1. The third kappa shape index (κ3) is 3.13. The molecular formula is C19H18N4O2S. The van der Waals surface area contributed by atoms with Crippen molar-refractivity contribution in [2.75, 3.05) is 5.32 Å². The average Bonchev–Trinajstić information content (AvgIpc) is 3.33. The number of aromatic nitrogens is 2. The molecule has 0 saturated heterocycles. The van der Waals surface area contributed by atoms with Crippen LogP contribution >= 0.6 is 11.3 Å². The molecule has 0 radical (unpaired) electrons. The molecule has 2 aromatic heterocycles. The van der Waals surface area contributed by atoms with Gasteiger partial charge in [-0.3, -0.25) is 14.7 Å². The minimum absolute atomic E-state index is 0.122. The molecule has 3 heterocycles. The zero-order chi connectivity index (χ0) is 18.1. The van der Waals surface area contributed by atoms with Crippen LogP contribution in [0.2, 0.25) is 0 Å². The van der Waals surface area contributed by atoms with Crippen molar-refractivity contribution in [3.05, 3.63) is 58.6 Å². The number of carbonyl (C=O) groups excluding carboxylic acids is 2. The first kappa shape index (κ1) is 16.5. The van der Waals surface area contributed by atoms with Gasteiger partial charge in [0.15, 0.2) is 0 Å². The number of rotatable bonds is 5. The van der Waals surface area contributed by atoms with Crippen LogP contribution in [0.5, 0.6) is 0 Å². The minimum Gasteiger partial charge on any atom is -0.352 e. The fourth-order valence-electron chi connectivity index (χ4n) is 3.18. The van der Waals surface area contributed by atoms with E-state index in [1.165, 1.54) is 0 Å². The monoisotopic (exact) mass is 366 g/mol. The summed E-state index contributed by atoms with van der Waals surface area (Å²) >= 11 is 1.61. The van der Waals surface area contributed by atoms with Crippen molar-refractivity contribution in [1.82, 2.24) is 15.5 Å². The van der Waals surface area contributed by atoms with Gasteiger partial charge in [-0.25, -0.2) is 0 Å². The molecule has 0 unspecified atom stereocenters. The summed E-state index contributed by atoms with van der Waals surface area (Å²) in [6.45, 7) is 2.35. The van der Waals surface area contributed by atoms with Gasteiger partial charge >= 0.3 is 0 Å². The van der Waals surface area contributed by atoms with Crippen molar-refractivity contribution in [1.29, 1.82) is 0 Å². The van der Waals surface area contributed by atoms with Crippen molar-refractivity contribution in [3.8, 4) is 10.6 Å². The maximum atomic E-state index is 12.4. The maximum absolute atomic E-state index is 12.4. The van der Waals surface area contributed by atoms with Crippen molar-refractivity contribution in [3.63, 3.8) is 0 Å². The third-order valence-corrected chi connectivity index (χ3v) is 5.40. The molecule has 0 saturated carbocycles. The molecule has 1 aliphatic rings. The Morgan fingerprint density at radius 2 is 2.23 bits per heavy atom. The summed E-state index contributed by atoms with van der Waals surface area (Å²) in [6.07, 6.45) is 1.85. The quantitative estimate of drug-likeness (QED) is 0.648. The first-order valence-electron chi connectivity index (χ1n) is 8.36. The summed E-state index contributed by atoms with van der Waals surface area (Å²) in [5.41, 5.74) is 4.61. The molecule has 0 aliphatic carbocycles. The zero-order valence-electron chi connectivity index (χ0n) is 14.2. The van der Waals surface area contributed by atoms with Gasteiger partial charge in [-0.15, -0.1) is 11.3 Å². The number of carbonyl (C=O) groups is 2. The molecular weight excluding hydrogens is 348 g/mol. The van der Waals surface area contributed by atoms with Crippen LogP contribution in [0, 0.1) is 6.92 Å². The first-order valence-corrected chi connectivity index (χ1v) is 9.24. The summed E-state index contributed by atoms with van der Waals surface area (Å²) in [6, 6.07) is 9.80. The SMILES string of the molecule is Cc1ccc2c(c1)NC(=O)[C@H]2CC(=O)NCc1cn[nH]c1-c1cccs1. The largest absolute Gasteiger partial charge is 0.352 e. The van der Waals surface area contributed by atoms with Crippen molar-refractivity contribution >= 4 is 28.8 Å². The van der Waals surface area contributed by atoms with Crippen LogP contribution in [-0.4, -0.2) is 22.0 Å². The number of aromatic amines is 1. The van der Waals surface area contributed by atoms with Crippen LogP contribution in [0.4, 0.5) is 5.69 Å². The number of hydrogen-bond donors (Lipinski definition) is 3. The molecule has 0 spiro atoms. The molecule has 2 amide bonds. The minimum atomic E-state index is -0.438. The Kier molecular flexibility index (Phi) is 4.30. The lowest BCUT2D eigenvalue weighted by Crippen LogP contribution is -2.26. The fraction of sp³-hybridized carbons (Fsp3) is 0.211. The van der Waals surface area contributed by atoms with Crippen molar-refractivity contribution < 1.29 is 9.59 Å². The molecule has 6 nitrogen and oxygen atoms in total. The molecule has 26 heavy (non-hydrogen) atoms. The summed E-state index contributed by atoms with van der Waals surface area (Å²) in [4.78, 5) is 25.7. The fourth-order valence-corrected chi connectivity index (χ4v) is 3.93.